The first-order chi connectivity index (χ1) is 14.7. The summed E-state index contributed by atoms with van der Waals surface area (Å²) in [5.74, 6) is 1.09. The summed E-state index contributed by atoms with van der Waals surface area (Å²) in [6, 6.07) is 0. The fraction of sp³-hybridized carbons (Fsp3) is 0.958. The van der Waals surface area contributed by atoms with Crippen molar-refractivity contribution >= 4 is 29.9 Å². The lowest BCUT2D eigenvalue weighted by molar-refractivity contribution is -0.0721. The van der Waals surface area contributed by atoms with Crippen LogP contribution in [0.5, 0.6) is 0 Å². The maximum Gasteiger partial charge on any atom is 0.193 e. The molecule has 0 aromatic heterocycles. The molecule has 6 nitrogen and oxygen atoms in total. The van der Waals surface area contributed by atoms with Gasteiger partial charge in [0.25, 0.3) is 0 Å². The molecule has 1 unspecified atom stereocenters. The van der Waals surface area contributed by atoms with Gasteiger partial charge in [0.05, 0.1) is 18.8 Å². The molecule has 1 atom stereocenters. The SMILES string of the molecule is CCNC(=NCC1(CCOCC)CCCC1)N1CCC(OCC2CCCCO2)CC1.I. The van der Waals surface area contributed by atoms with Crippen LogP contribution in [-0.2, 0) is 14.2 Å². The molecule has 3 aliphatic rings. The standard InChI is InChI=1S/C24H45N3O3.HI/c1-3-25-23(26-20-24(12-6-7-13-24)14-18-28-4-2)27-15-10-21(11-16-27)30-19-22-9-5-8-17-29-22;/h21-22H,3-20H2,1-2H3,(H,25,26);1H. The molecular weight excluding hydrogens is 505 g/mol. The Balaban J connectivity index is 0.00000341. The number of guanidine groups is 1. The van der Waals surface area contributed by atoms with Gasteiger partial charge in [-0.2, -0.15) is 0 Å². The lowest BCUT2D eigenvalue weighted by Crippen LogP contribution is -2.47. The van der Waals surface area contributed by atoms with E-state index in [-0.39, 0.29) is 24.0 Å². The van der Waals surface area contributed by atoms with Crippen molar-refractivity contribution in [3.05, 3.63) is 0 Å². The summed E-state index contributed by atoms with van der Waals surface area (Å²) in [5, 5.41) is 3.54. The van der Waals surface area contributed by atoms with E-state index < -0.39 is 0 Å². The van der Waals surface area contributed by atoms with Gasteiger partial charge in [-0.15, -0.1) is 24.0 Å². The number of hydrogen-bond donors (Lipinski definition) is 1. The lowest BCUT2D eigenvalue weighted by atomic mass is 9.83. The van der Waals surface area contributed by atoms with Crippen molar-refractivity contribution in [3.8, 4) is 0 Å². The Labute approximate surface area is 207 Å². The summed E-state index contributed by atoms with van der Waals surface area (Å²) in [5.41, 5.74) is 0.345. The van der Waals surface area contributed by atoms with Crippen LogP contribution < -0.4 is 5.32 Å². The minimum Gasteiger partial charge on any atom is -0.382 e. The quantitative estimate of drug-likeness (QED) is 0.186. The maximum absolute atomic E-state index is 6.20. The Morgan fingerprint density at radius 3 is 2.52 bits per heavy atom. The number of aliphatic imine (C=N–C) groups is 1. The fourth-order valence-electron chi connectivity index (χ4n) is 5.13. The minimum atomic E-state index is 0. The summed E-state index contributed by atoms with van der Waals surface area (Å²) in [6.07, 6.45) is 12.9. The second-order valence-electron chi connectivity index (χ2n) is 9.33. The summed E-state index contributed by atoms with van der Waals surface area (Å²) < 4.78 is 17.7. The maximum atomic E-state index is 6.20. The third-order valence-corrected chi connectivity index (χ3v) is 7.08. The number of likely N-dealkylation sites (tertiary alicyclic amines) is 1. The highest BCUT2D eigenvalue weighted by Crippen LogP contribution is 2.41. The molecule has 0 amide bonds. The van der Waals surface area contributed by atoms with Crippen molar-refractivity contribution < 1.29 is 14.2 Å². The number of nitrogens with one attached hydrogen (secondary N) is 1. The Hall–Kier alpha value is -0.120. The average molecular weight is 552 g/mol. The molecule has 2 heterocycles. The number of piperidine rings is 1. The van der Waals surface area contributed by atoms with E-state index in [1.165, 1.54) is 38.5 Å². The zero-order valence-electron chi connectivity index (χ0n) is 19.9. The van der Waals surface area contributed by atoms with E-state index in [0.29, 0.717) is 17.6 Å². The van der Waals surface area contributed by atoms with Crippen molar-refractivity contribution in [3.63, 3.8) is 0 Å². The molecule has 0 aromatic rings. The highest BCUT2D eigenvalue weighted by Gasteiger charge is 2.34. The molecule has 2 saturated heterocycles. The van der Waals surface area contributed by atoms with E-state index in [1.54, 1.807) is 0 Å². The van der Waals surface area contributed by atoms with Crippen LogP contribution in [0.15, 0.2) is 4.99 Å². The molecule has 182 valence electrons. The third kappa shape index (κ3) is 8.97. The predicted molar refractivity (Wildman–Crippen MR) is 138 cm³/mol. The first-order valence-electron chi connectivity index (χ1n) is 12.6. The van der Waals surface area contributed by atoms with Gasteiger partial charge in [0.2, 0.25) is 0 Å². The van der Waals surface area contributed by atoms with Crippen LogP contribution in [0.1, 0.15) is 78.1 Å². The van der Waals surface area contributed by atoms with Crippen LogP contribution in [0.4, 0.5) is 0 Å². The summed E-state index contributed by atoms with van der Waals surface area (Å²) >= 11 is 0. The minimum absolute atomic E-state index is 0. The number of nitrogens with zero attached hydrogens (tertiary/aromatic N) is 2. The van der Waals surface area contributed by atoms with Crippen molar-refractivity contribution in [1.82, 2.24) is 10.2 Å². The summed E-state index contributed by atoms with van der Waals surface area (Å²) in [4.78, 5) is 7.57. The number of halogens is 1. The third-order valence-electron chi connectivity index (χ3n) is 7.08. The van der Waals surface area contributed by atoms with Gasteiger partial charge in [-0.25, -0.2) is 0 Å². The molecular formula is C24H46IN3O3. The zero-order chi connectivity index (χ0) is 21.1. The highest BCUT2D eigenvalue weighted by molar-refractivity contribution is 14.0. The molecule has 0 radical (unpaired) electrons. The summed E-state index contributed by atoms with van der Waals surface area (Å²) in [6.45, 7) is 11.5. The smallest absolute Gasteiger partial charge is 0.193 e. The van der Waals surface area contributed by atoms with E-state index in [4.69, 9.17) is 19.2 Å². The van der Waals surface area contributed by atoms with Gasteiger partial charge in [-0.1, -0.05) is 12.8 Å². The Morgan fingerprint density at radius 1 is 1.10 bits per heavy atom. The first-order valence-corrected chi connectivity index (χ1v) is 12.6. The molecule has 31 heavy (non-hydrogen) atoms. The monoisotopic (exact) mass is 551 g/mol. The van der Waals surface area contributed by atoms with Gasteiger partial charge >= 0.3 is 0 Å². The molecule has 7 heteroatoms. The van der Waals surface area contributed by atoms with Gasteiger partial charge in [-0.3, -0.25) is 4.99 Å². The Kier molecular flexibility index (Phi) is 13.0. The van der Waals surface area contributed by atoms with Crippen molar-refractivity contribution in [2.24, 2.45) is 10.4 Å². The van der Waals surface area contributed by atoms with Gasteiger partial charge in [0.15, 0.2) is 5.96 Å². The molecule has 1 aliphatic carbocycles. The van der Waals surface area contributed by atoms with E-state index in [1.807, 2.05) is 0 Å². The molecule has 1 saturated carbocycles. The van der Waals surface area contributed by atoms with Crippen LogP contribution in [0, 0.1) is 5.41 Å². The van der Waals surface area contributed by atoms with Crippen LogP contribution >= 0.6 is 24.0 Å². The number of hydrogen-bond acceptors (Lipinski definition) is 4. The van der Waals surface area contributed by atoms with Crippen molar-refractivity contribution in [1.29, 1.82) is 0 Å². The molecule has 3 fully saturated rings. The molecule has 3 rings (SSSR count). The Morgan fingerprint density at radius 2 is 1.87 bits per heavy atom. The topological polar surface area (TPSA) is 55.3 Å². The largest absolute Gasteiger partial charge is 0.382 e. The Bertz CT molecular complexity index is 500. The summed E-state index contributed by atoms with van der Waals surface area (Å²) in [7, 11) is 0. The van der Waals surface area contributed by atoms with E-state index in [2.05, 4.69) is 24.1 Å². The van der Waals surface area contributed by atoms with Gasteiger partial charge in [0, 0.05) is 46.0 Å². The van der Waals surface area contributed by atoms with Gasteiger partial charge in [0.1, 0.15) is 0 Å². The number of ether oxygens (including phenoxy) is 3. The lowest BCUT2D eigenvalue weighted by Gasteiger charge is -2.36. The van der Waals surface area contributed by atoms with Crippen LogP contribution in [0.25, 0.3) is 0 Å². The molecule has 0 bridgehead atoms. The van der Waals surface area contributed by atoms with E-state index >= 15 is 0 Å². The normalized spacial score (nSPS) is 24.8. The van der Waals surface area contributed by atoms with Crippen molar-refractivity contribution in [2.75, 3.05) is 52.6 Å². The highest BCUT2D eigenvalue weighted by atomic mass is 127. The zero-order valence-corrected chi connectivity index (χ0v) is 22.2. The van der Waals surface area contributed by atoms with E-state index in [0.717, 1.165) is 84.2 Å². The molecule has 1 N–H and O–H groups in total. The molecule has 2 aliphatic heterocycles. The number of rotatable bonds is 10. The van der Waals surface area contributed by atoms with Crippen LogP contribution in [-0.4, -0.2) is 75.7 Å². The van der Waals surface area contributed by atoms with Crippen molar-refractivity contribution in [2.45, 2.75) is 90.3 Å². The fourth-order valence-corrected chi connectivity index (χ4v) is 5.13. The van der Waals surface area contributed by atoms with Crippen LogP contribution in [0.3, 0.4) is 0 Å². The van der Waals surface area contributed by atoms with Crippen LogP contribution in [0.2, 0.25) is 0 Å². The average Bonchev–Trinajstić information content (AvgIpc) is 3.25. The van der Waals surface area contributed by atoms with Gasteiger partial charge < -0.3 is 24.4 Å². The van der Waals surface area contributed by atoms with E-state index in [9.17, 15) is 0 Å². The first kappa shape index (κ1) is 27.1. The second kappa shape index (κ2) is 14.9. The van der Waals surface area contributed by atoms with Gasteiger partial charge in [-0.05, 0) is 70.6 Å². The molecule has 0 spiro atoms. The second-order valence-corrected chi connectivity index (χ2v) is 9.33. The predicted octanol–water partition coefficient (Wildman–Crippen LogP) is 4.61. The molecule has 0 aromatic carbocycles.